The second kappa shape index (κ2) is 8.99. The quantitative estimate of drug-likeness (QED) is 0.454. The fraction of sp³-hybridized carbons (Fsp3) is 0.160. The van der Waals surface area contributed by atoms with Gasteiger partial charge in [-0.2, -0.15) is 0 Å². The Morgan fingerprint density at radius 3 is 2.45 bits per heavy atom. The van der Waals surface area contributed by atoms with E-state index >= 15 is 0 Å². The van der Waals surface area contributed by atoms with Gasteiger partial charge in [-0.05, 0) is 36.2 Å². The summed E-state index contributed by atoms with van der Waals surface area (Å²) < 4.78 is 7.18. The van der Waals surface area contributed by atoms with Gasteiger partial charge in [0.05, 0.1) is 13.2 Å². The first-order chi connectivity index (χ1) is 16.1. The van der Waals surface area contributed by atoms with Crippen molar-refractivity contribution in [3.63, 3.8) is 0 Å². The number of aryl methyl sites for hydroxylation is 1. The monoisotopic (exact) mass is 457 g/mol. The van der Waals surface area contributed by atoms with Crippen molar-refractivity contribution in [3.8, 4) is 17.1 Å². The lowest BCUT2D eigenvalue weighted by molar-refractivity contribution is -0.116. The van der Waals surface area contributed by atoms with Crippen molar-refractivity contribution < 1.29 is 9.53 Å². The number of rotatable bonds is 5. The van der Waals surface area contributed by atoms with Gasteiger partial charge in [0.15, 0.2) is 5.82 Å². The van der Waals surface area contributed by atoms with E-state index in [1.165, 1.54) is 11.8 Å². The SMILES string of the molecule is COc1ccc([C@H]2Nn3c(nnc3-c3ccccc3)S[C@@H]2C(=O)Nc2ccccc2C)cc1. The number of hydrogen-bond acceptors (Lipinski definition) is 6. The van der Waals surface area contributed by atoms with Crippen LogP contribution < -0.4 is 15.5 Å². The number of nitrogens with zero attached hydrogens (tertiary/aromatic N) is 3. The molecule has 1 aromatic heterocycles. The first-order valence-corrected chi connectivity index (χ1v) is 11.5. The van der Waals surface area contributed by atoms with Crippen LogP contribution in [0.4, 0.5) is 5.69 Å². The summed E-state index contributed by atoms with van der Waals surface area (Å²) in [6.07, 6.45) is 0. The summed E-state index contributed by atoms with van der Waals surface area (Å²) in [5.41, 5.74) is 7.22. The van der Waals surface area contributed by atoms with Crippen LogP contribution >= 0.6 is 11.8 Å². The number of anilines is 1. The van der Waals surface area contributed by atoms with Crippen LogP contribution in [-0.2, 0) is 4.79 Å². The van der Waals surface area contributed by atoms with Crippen LogP contribution in [0.2, 0.25) is 0 Å². The molecule has 0 bridgehead atoms. The van der Waals surface area contributed by atoms with Crippen LogP contribution in [0.5, 0.6) is 5.75 Å². The average Bonchev–Trinajstić information content (AvgIpc) is 3.28. The Balaban J connectivity index is 1.52. The summed E-state index contributed by atoms with van der Waals surface area (Å²) >= 11 is 1.40. The van der Waals surface area contributed by atoms with Crippen molar-refractivity contribution in [2.75, 3.05) is 17.9 Å². The molecule has 33 heavy (non-hydrogen) atoms. The predicted octanol–water partition coefficient (Wildman–Crippen LogP) is 4.66. The van der Waals surface area contributed by atoms with E-state index in [9.17, 15) is 4.79 Å². The molecule has 0 radical (unpaired) electrons. The lowest BCUT2D eigenvalue weighted by Crippen LogP contribution is -2.41. The van der Waals surface area contributed by atoms with Gasteiger partial charge in [0.1, 0.15) is 11.0 Å². The number of methoxy groups -OCH3 is 1. The molecule has 0 saturated carbocycles. The molecule has 0 aliphatic carbocycles. The van der Waals surface area contributed by atoms with Gasteiger partial charge in [0.25, 0.3) is 0 Å². The van der Waals surface area contributed by atoms with Gasteiger partial charge in [-0.3, -0.25) is 4.79 Å². The molecule has 1 aliphatic rings. The van der Waals surface area contributed by atoms with Crippen molar-refractivity contribution in [1.29, 1.82) is 0 Å². The molecule has 3 aromatic carbocycles. The Bertz CT molecular complexity index is 1270. The second-order valence-electron chi connectivity index (χ2n) is 7.73. The van der Waals surface area contributed by atoms with E-state index in [0.717, 1.165) is 28.1 Å². The maximum Gasteiger partial charge on any atom is 0.240 e. The normalized spacial score (nSPS) is 17.0. The largest absolute Gasteiger partial charge is 0.497 e. The number of amides is 1. The third-order valence-corrected chi connectivity index (χ3v) is 6.82. The van der Waals surface area contributed by atoms with Gasteiger partial charge in [0, 0.05) is 11.3 Å². The summed E-state index contributed by atoms with van der Waals surface area (Å²) in [5, 5.41) is 12.0. The van der Waals surface area contributed by atoms with Crippen LogP contribution in [0.15, 0.2) is 84.0 Å². The highest BCUT2D eigenvalue weighted by Gasteiger charge is 2.38. The Kier molecular flexibility index (Phi) is 5.75. The summed E-state index contributed by atoms with van der Waals surface area (Å²) in [6.45, 7) is 1.98. The molecule has 2 atom stereocenters. The van der Waals surface area contributed by atoms with Crippen molar-refractivity contribution in [2.24, 2.45) is 0 Å². The Labute approximate surface area is 196 Å². The summed E-state index contributed by atoms with van der Waals surface area (Å²) in [6, 6.07) is 25.1. The van der Waals surface area contributed by atoms with E-state index < -0.39 is 5.25 Å². The molecule has 0 spiro atoms. The van der Waals surface area contributed by atoms with Gasteiger partial charge in [-0.15, -0.1) is 10.2 Å². The minimum absolute atomic E-state index is 0.0990. The van der Waals surface area contributed by atoms with E-state index in [-0.39, 0.29) is 11.9 Å². The zero-order chi connectivity index (χ0) is 22.8. The molecule has 1 aliphatic heterocycles. The fourth-order valence-corrected chi connectivity index (χ4v) is 4.89. The zero-order valence-corrected chi connectivity index (χ0v) is 19.0. The standard InChI is InChI=1S/C25H23N5O2S/c1-16-8-6-7-11-20(16)26-24(31)22-21(17-12-14-19(32-2)15-13-17)29-30-23(27-28-25(30)33-22)18-9-4-3-5-10-18/h3-15,21-22,29H,1-2H3,(H,26,31)/t21-,22+/m1/s1. The summed E-state index contributed by atoms with van der Waals surface area (Å²) in [4.78, 5) is 13.5. The van der Waals surface area contributed by atoms with Gasteiger partial charge >= 0.3 is 0 Å². The Morgan fingerprint density at radius 2 is 1.73 bits per heavy atom. The molecule has 166 valence electrons. The van der Waals surface area contributed by atoms with Crippen molar-refractivity contribution in [1.82, 2.24) is 14.9 Å². The van der Waals surface area contributed by atoms with Crippen LogP contribution in [0.1, 0.15) is 17.2 Å². The molecule has 0 fully saturated rings. The number of carbonyl (C=O) groups excluding carboxylic acids is 1. The summed E-state index contributed by atoms with van der Waals surface area (Å²) in [5.74, 6) is 1.37. The number of fused-ring (bicyclic) bond motifs is 1. The van der Waals surface area contributed by atoms with Crippen LogP contribution in [0.3, 0.4) is 0 Å². The van der Waals surface area contributed by atoms with E-state index in [0.29, 0.717) is 11.0 Å². The number of carbonyl (C=O) groups is 1. The second-order valence-corrected chi connectivity index (χ2v) is 8.84. The number of thioether (sulfide) groups is 1. The maximum atomic E-state index is 13.5. The first kappa shape index (κ1) is 21.1. The minimum Gasteiger partial charge on any atom is -0.497 e. The van der Waals surface area contributed by atoms with Crippen LogP contribution in [-0.4, -0.2) is 33.1 Å². The van der Waals surface area contributed by atoms with Gasteiger partial charge in [0.2, 0.25) is 11.1 Å². The van der Waals surface area contributed by atoms with E-state index in [1.54, 1.807) is 7.11 Å². The maximum absolute atomic E-state index is 13.5. The number of benzene rings is 3. The van der Waals surface area contributed by atoms with Gasteiger partial charge in [-0.1, -0.05) is 72.4 Å². The molecular weight excluding hydrogens is 434 g/mol. The number of para-hydroxylation sites is 1. The lowest BCUT2D eigenvalue weighted by atomic mass is 10.0. The highest BCUT2D eigenvalue weighted by atomic mass is 32.2. The van der Waals surface area contributed by atoms with Crippen molar-refractivity contribution >= 4 is 23.4 Å². The number of aromatic nitrogens is 3. The highest BCUT2D eigenvalue weighted by molar-refractivity contribution is 8.00. The third-order valence-electron chi connectivity index (χ3n) is 5.60. The first-order valence-electron chi connectivity index (χ1n) is 10.6. The molecule has 1 amide bonds. The van der Waals surface area contributed by atoms with Crippen molar-refractivity contribution in [3.05, 3.63) is 90.0 Å². The minimum atomic E-state index is -0.460. The van der Waals surface area contributed by atoms with Crippen LogP contribution in [0, 0.1) is 6.92 Å². The molecule has 2 N–H and O–H groups in total. The van der Waals surface area contributed by atoms with Gasteiger partial charge in [-0.25, -0.2) is 4.68 Å². The molecule has 0 unspecified atom stereocenters. The molecule has 5 rings (SSSR count). The number of nitrogens with one attached hydrogen (secondary N) is 2. The average molecular weight is 458 g/mol. The Morgan fingerprint density at radius 1 is 1.00 bits per heavy atom. The number of hydrogen-bond donors (Lipinski definition) is 2. The van der Waals surface area contributed by atoms with Gasteiger partial charge < -0.3 is 15.5 Å². The smallest absolute Gasteiger partial charge is 0.240 e. The molecule has 0 saturated heterocycles. The van der Waals surface area contributed by atoms with E-state index in [1.807, 2.05) is 90.5 Å². The summed E-state index contributed by atoms with van der Waals surface area (Å²) in [7, 11) is 1.64. The lowest BCUT2D eigenvalue weighted by Gasteiger charge is -2.33. The molecule has 2 heterocycles. The van der Waals surface area contributed by atoms with E-state index in [4.69, 9.17) is 4.74 Å². The van der Waals surface area contributed by atoms with E-state index in [2.05, 4.69) is 20.9 Å². The number of ether oxygens (including phenoxy) is 1. The third kappa shape index (κ3) is 4.17. The topological polar surface area (TPSA) is 81.1 Å². The van der Waals surface area contributed by atoms with Crippen molar-refractivity contribution in [2.45, 2.75) is 23.4 Å². The highest BCUT2D eigenvalue weighted by Crippen LogP contribution is 2.39. The molecule has 7 nitrogen and oxygen atoms in total. The predicted molar refractivity (Wildman–Crippen MR) is 130 cm³/mol. The zero-order valence-electron chi connectivity index (χ0n) is 18.2. The molecular formula is C25H23N5O2S. The molecule has 4 aromatic rings. The fourth-order valence-electron chi connectivity index (χ4n) is 3.81. The Hall–Kier alpha value is -3.78. The van der Waals surface area contributed by atoms with Crippen LogP contribution in [0.25, 0.3) is 11.4 Å². The molecule has 8 heteroatoms.